The van der Waals surface area contributed by atoms with Crippen LogP contribution >= 0.6 is 0 Å². The smallest absolute Gasteiger partial charge is 0.285 e. The molecule has 1 saturated heterocycles. The highest BCUT2D eigenvalue weighted by atomic mass is 32.2. The average molecular weight is 345 g/mol. The van der Waals surface area contributed by atoms with Crippen LogP contribution in [0.4, 0.5) is 5.69 Å². The number of carbonyl (C=O) groups is 1. The molecule has 8 nitrogen and oxygen atoms in total. The lowest BCUT2D eigenvalue weighted by Crippen LogP contribution is -2.52. The number of carbonyl (C=O) groups excluding carboxylic acids is 1. The lowest BCUT2D eigenvalue weighted by Gasteiger charge is -2.34. The standard InChI is InChI=1S/C15H15N5O3S/c1-18-9-11(8-16-18)20-7-6-19(10-14(20)21)15-12-4-2-3-5-13(12)24(22,23)17-15/h2-5,8-9H,6-7,10H2,1H3. The number of fused-ring (bicyclic) bond motifs is 1. The molecular weight excluding hydrogens is 330 g/mol. The maximum absolute atomic E-state index is 12.5. The number of hydrogen-bond donors (Lipinski definition) is 0. The van der Waals surface area contributed by atoms with Gasteiger partial charge in [0.15, 0.2) is 5.84 Å². The Hall–Kier alpha value is -2.68. The van der Waals surface area contributed by atoms with Gasteiger partial charge in [0, 0.05) is 31.9 Å². The van der Waals surface area contributed by atoms with Crippen LogP contribution in [0.15, 0.2) is 46.0 Å². The molecule has 2 aromatic rings. The summed E-state index contributed by atoms with van der Waals surface area (Å²) < 4.78 is 29.8. The zero-order valence-corrected chi connectivity index (χ0v) is 13.8. The predicted octanol–water partition coefficient (Wildman–Crippen LogP) is 0.218. The zero-order valence-electron chi connectivity index (χ0n) is 13.0. The van der Waals surface area contributed by atoms with Crippen LogP contribution in [0.5, 0.6) is 0 Å². The van der Waals surface area contributed by atoms with Crippen LogP contribution in [0.1, 0.15) is 5.56 Å². The van der Waals surface area contributed by atoms with E-state index in [1.165, 1.54) is 6.07 Å². The largest absolute Gasteiger partial charge is 0.344 e. The first kappa shape index (κ1) is 14.9. The SMILES string of the molecule is Cn1cc(N2CCN(C3=NS(=O)(=O)c4ccccc43)CC2=O)cn1. The maximum Gasteiger partial charge on any atom is 0.285 e. The summed E-state index contributed by atoms with van der Waals surface area (Å²) in [4.78, 5) is 16.1. The van der Waals surface area contributed by atoms with Gasteiger partial charge in [-0.3, -0.25) is 9.48 Å². The highest BCUT2D eigenvalue weighted by Gasteiger charge is 2.35. The monoisotopic (exact) mass is 345 g/mol. The Kier molecular flexibility index (Phi) is 3.20. The van der Waals surface area contributed by atoms with Crippen molar-refractivity contribution in [1.29, 1.82) is 0 Å². The Morgan fingerprint density at radius 1 is 1.17 bits per heavy atom. The van der Waals surface area contributed by atoms with Crippen molar-refractivity contribution < 1.29 is 13.2 Å². The molecule has 0 saturated carbocycles. The van der Waals surface area contributed by atoms with Crippen molar-refractivity contribution in [3.8, 4) is 0 Å². The molecule has 0 radical (unpaired) electrons. The Bertz CT molecular complexity index is 963. The molecule has 0 spiro atoms. The van der Waals surface area contributed by atoms with Gasteiger partial charge >= 0.3 is 0 Å². The van der Waals surface area contributed by atoms with E-state index in [4.69, 9.17) is 0 Å². The molecule has 4 rings (SSSR count). The molecule has 1 fully saturated rings. The summed E-state index contributed by atoms with van der Waals surface area (Å²) in [6.07, 6.45) is 3.42. The molecule has 1 aromatic carbocycles. The van der Waals surface area contributed by atoms with E-state index in [1.807, 2.05) is 0 Å². The third-order valence-corrected chi connectivity index (χ3v) is 5.46. The van der Waals surface area contributed by atoms with Gasteiger partial charge in [-0.05, 0) is 12.1 Å². The van der Waals surface area contributed by atoms with E-state index in [9.17, 15) is 13.2 Å². The molecular formula is C15H15N5O3S. The minimum absolute atomic E-state index is 0.0809. The van der Waals surface area contributed by atoms with Gasteiger partial charge in [-0.15, -0.1) is 4.40 Å². The molecule has 2 aliphatic rings. The first-order valence-electron chi connectivity index (χ1n) is 7.44. The van der Waals surface area contributed by atoms with Crippen molar-refractivity contribution in [3.63, 3.8) is 0 Å². The normalized spacial score (nSPS) is 19.4. The lowest BCUT2D eigenvalue weighted by atomic mass is 10.1. The van der Waals surface area contributed by atoms with Gasteiger partial charge in [-0.25, -0.2) is 0 Å². The molecule has 0 N–H and O–H groups in total. The number of piperazine rings is 1. The molecule has 0 aliphatic carbocycles. The Balaban J connectivity index is 1.61. The minimum Gasteiger partial charge on any atom is -0.344 e. The Morgan fingerprint density at radius 3 is 2.67 bits per heavy atom. The molecule has 0 unspecified atom stereocenters. The molecule has 24 heavy (non-hydrogen) atoms. The van der Waals surface area contributed by atoms with Crippen molar-refractivity contribution in [3.05, 3.63) is 42.2 Å². The van der Waals surface area contributed by atoms with Gasteiger partial charge in [0.05, 0.1) is 18.4 Å². The fourth-order valence-corrected chi connectivity index (χ4v) is 4.22. The first-order valence-corrected chi connectivity index (χ1v) is 8.88. The zero-order chi connectivity index (χ0) is 16.9. The van der Waals surface area contributed by atoms with Crippen LogP contribution in [0.2, 0.25) is 0 Å². The number of amidine groups is 1. The summed E-state index contributed by atoms with van der Waals surface area (Å²) in [6, 6.07) is 6.69. The van der Waals surface area contributed by atoms with Gasteiger partial charge in [-0.1, -0.05) is 12.1 Å². The molecule has 2 aliphatic heterocycles. The van der Waals surface area contributed by atoms with E-state index < -0.39 is 10.0 Å². The number of anilines is 1. The van der Waals surface area contributed by atoms with Gasteiger partial charge in [0.1, 0.15) is 4.90 Å². The second-order valence-electron chi connectivity index (χ2n) is 5.73. The van der Waals surface area contributed by atoms with Gasteiger partial charge in [-0.2, -0.15) is 13.5 Å². The first-order chi connectivity index (χ1) is 11.5. The number of rotatable bonds is 1. The van der Waals surface area contributed by atoms with Gasteiger partial charge in [0.2, 0.25) is 5.91 Å². The molecule has 0 bridgehead atoms. The third kappa shape index (κ3) is 2.28. The van der Waals surface area contributed by atoms with Crippen LogP contribution in [-0.2, 0) is 21.9 Å². The molecule has 0 atom stereocenters. The number of benzene rings is 1. The van der Waals surface area contributed by atoms with Crippen molar-refractivity contribution >= 4 is 27.5 Å². The fraction of sp³-hybridized carbons (Fsp3) is 0.267. The molecule has 1 amide bonds. The lowest BCUT2D eigenvalue weighted by molar-refractivity contribution is -0.120. The summed E-state index contributed by atoms with van der Waals surface area (Å²) in [5.41, 5.74) is 1.30. The summed E-state index contributed by atoms with van der Waals surface area (Å²) in [6.45, 7) is 1.03. The van der Waals surface area contributed by atoms with Crippen molar-refractivity contribution in [2.45, 2.75) is 4.90 Å². The summed E-state index contributed by atoms with van der Waals surface area (Å²) in [5.74, 6) is 0.239. The minimum atomic E-state index is -3.68. The highest BCUT2D eigenvalue weighted by molar-refractivity contribution is 7.90. The summed E-state index contributed by atoms with van der Waals surface area (Å²) in [7, 11) is -1.88. The number of sulfonamides is 1. The van der Waals surface area contributed by atoms with E-state index in [1.54, 1.807) is 52.1 Å². The second kappa shape index (κ2) is 5.17. The number of aromatic nitrogens is 2. The number of nitrogens with zero attached hydrogens (tertiary/aromatic N) is 5. The predicted molar refractivity (Wildman–Crippen MR) is 87.3 cm³/mol. The van der Waals surface area contributed by atoms with E-state index in [-0.39, 0.29) is 17.3 Å². The van der Waals surface area contributed by atoms with Crippen LogP contribution in [0, 0.1) is 0 Å². The van der Waals surface area contributed by atoms with E-state index >= 15 is 0 Å². The van der Waals surface area contributed by atoms with Gasteiger partial charge in [0.25, 0.3) is 10.0 Å². The van der Waals surface area contributed by atoms with Crippen LogP contribution < -0.4 is 4.90 Å². The van der Waals surface area contributed by atoms with Crippen LogP contribution in [-0.4, -0.2) is 54.5 Å². The summed E-state index contributed by atoms with van der Waals surface area (Å²) in [5, 5.41) is 4.08. The van der Waals surface area contributed by atoms with E-state index in [0.29, 0.717) is 24.5 Å². The molecule has 9 heteroatoms. The van der Waals surface area contributed by atoms with Crippen molar-refractivity contribution in [2.75, 3.05) is 24.5 Å². The van der Waals surface area contributed by atoms with Crippen LogP contribution in [0.3, 0.4) is 0 Å². The number of amides is 1. The quantitative estimate of drug-likeness (QED) is 0.738. The maximum atomic E-state index is 12.5. The Labute approximate surface area is 139 Å². The average Bonchev–Trinajstić information content (AvgIpc) is 3.09. The number of hydrogen-bond acceptors (Lipinski definition) is 5. The molecule has 1 aromatic heterocycles. The Morgan fingerprint density at radius 2 is 1.96 bits per heavy atom. The van der Waals surface area contributed by atoms with Gasteiger partial charge < -0.3 is 9.80 Å². The fourth-order valence-electron chi connectivity index (χ4n) is 2.99. The van der Waals surface area contributed by atoms with Crippen molar-refractivity contribution in [1.82, 2.24) is 14.7 Å². The molecule has 124 valence electrons. The van der Waals surface area contributed by atoms with Crippen LogP contribution in [0.25, 0.3) is 0 Å². The highest BCUT2D eigenvalue weighted by Crippen LogP contribution is 2.28. The summed E-state index contributed by atoms with van der Waals surface area (Å²) >= 11 is 0. The van der Waals surface area contributed by atoms with Crippen molar-refractivity contribution in [2.24, 2.45) is 11.4 Å². The number of aryl methyl sites for hydroxylation is 1. The second-order valence-corrected chi connectivity index (χ2v) is 7.30. The van der Waals surface area contributed by atoms with E-state index in [0.717, 1.165) is 5.69 Å². The van der Waals surface area contributed by atoms with E-state index in [2.05, 4.69) is 9.50 Å². The molecule has 3 heterocycles. The third-order valence-electron chi connectivity index (χ3n) is 4.14. The topological polar surface area (TPSA) is 87.9 Å².